The Morgan fingerprint density at radius 1 is 0.593 bits per heavy atom. The van der Waals surface area contributed by atoms with E-state index in [4.69, 9.17) is 8.83 Å². The van der Waals surface area contributed by atoms with Gasteiger partial charge in [-0.05, 0) is 99.3 Å². The Hall–Kier alpha value is -6.90. The Balaban J connectivity index is 1.03. The first kappa shape index (κ1) is 33.0. The fourth-order valence-corrected chi connectivity index (χ4v) is 7.58. The Morgan fingerprint density at radius 3 is 2.11 bits per heavy atom. The number of rotatable bonds is 6. The molecule has 9 rings (SSSR count). The second-order valence-electron chi connectivity index (χ2n) is 13.7. The summed E-state index contributed by atoms with van der Waals surface area (Å²) < 4.78 is 12.6. The third-order valence-electron chi connectivity index (χ3n) is 10.3. The summed E-state index contributed by atoms with van der Waals surface area (Å²) in [7, 11) is 0. The van der Waals surface area contributed by atoms with E-state index in [1.165, 1.54) is 22.1 Å². The first-order valence-electron chi connectivity index (χ1n) is 18.4. The summed E-state index contributed by atoms with van der Waals surface area (Å²) in [6.45, 7) is 6.71. The number of benzene rings is 5. The van der Waals surface area contributed by atoms with Gasteiger partial charge in [0.1, 0.15) is 22.3 Å². The molecule has 0 N–H and O–H groups in total. The molecule has 0 atom stereocenters. The van der Waals surface area contributed by atoms with Crippen LogP contribution in [0.1, 0.15) is 30.0 Å². The van der Waals surface area contributed by atoms with Crippen LogP contribution in [0.5, 0.6) is 0 Å². The SMILES string of the molecule is C=C(/C=C\C=C\c1ccc2oc3c(ccc4c3ccc3oc5ccccc5c34)c2c1)c1ccccccc(/C(C)=C/C=C2/C=CC=CC2)c2ccccc12. The fraction of sp³-hybridized carbons (Fsp3) is 0.0385. The molecular weight excluding hydrogens is 657 g/mol. The Kier molecular flexibility index (Phi) is 8.70. The van der Waals surface area contributed by atoms with Gasteiger partial charge in [-0.25, -0.2) is 0 Å². The van der Waals surface area contributed by atoms with Crippen molar-refractivity contribution < 1.29 is 8.83 Å². The molecule has 0 radical (unpaired) electrons. The van der Waals surface area contributed by atoms with E-state index in [1.54, 1.807) is 0 Å². The molecule has 0 fully saturated rings. The average Bonchev–Trinajstić information content (AvgIpc) is 3.79. The van der Waals surface area contributed by atoms with Crippen LogP contribution in [-0.2, 0) is 0 Å². The fourth-order valence-electron chi connectivity index (χ4n) is 7.58. The van der Waals surface area contributed by atoms with Crippen molar-refractivity contribution in [2.75, 3.05) is 0 Å². The van der Waals surface area contributed by atoms with Gasteiger partial charge in [0.2, 0.25) is 0 Å². The monoisotopic (exact) mass is 694 g/mol. The van der Waals surface area contributed by atoms with E-state index in [9.17, 15) is 0 Å². The molecule has 54 heavy (non-hydrogen) atoms. The van der Waals surface area contributed by atoms with Crippen LogP contribution in [-0.4, -0.2) is 0 Å². The molecule has 6 aromatic carbocycles. The van der Waals surface area contributed by atoms with Crippen molar-refractivity contribution >= 4 is 82.6 Å². The van der Waals surface area contributed by atoms with E-state index >= 15 is 0 Å². The van der Waals surface area contributed by atoms with Gasteiger partial charge in [0.15, 0.2) is 0 Å². The summed E-state index contributed by atoms with van der Waals surface area (Å²) in [6.07, 6.45) is 22.3. The zero-order chi connectivity index (χ0) is 36.4. The average molecular weight is 695 g/mol. The van der Waals surface area contributed by atoms with Crippen molar-refractivity contribution in [3.63, 3.8) is 0 Å². The highest BCUT2D eigenvalue weighted by Crippen LogP contribution is 2.40. The number of hydrogen-bond acceptors (Lipinski definition) is 2. The third kappa shape index (κ3) is 6.18. The number of allylic oxidation sites excluding steroid dienone is 12. The minimum atomic E-state index is 0.873. The van der Waals surface area contributed by atoms with Crippen LogP contribution in [0, 0.1) is 0 Å². The Bertz CT molecular complexity index is 3040. The van der Waals surface area contributed by atoms with Gasteiger partial charge in [-0.3, -0.25) is 0 Å². The van der Waals surface area contributed by atoms with Crippen LogP contribution in [0.4, 0.5) is 0 Å². The summed E-state index contributed by atoms with van der Waals surface area (Å²) in [5.74, 6) is 0. The van der Waals surface area contributed by atoms with Crippen LogP contribution < -0.4 is 0 Å². The third-order valence-corrected chi connectivity index (χ3v) is 10.3. The van der Waals surface area contributed by atoms with Crippen molar-refractivity contribution in [2.45, 2.75) is 13.3 Å². The molecule has 0 bridgehead atoms. The number of furan rings is 2. The lowest BCUT2D eigenvalue weighted by molar-refractivity contribution is 0.669. The van der Waals surface area contributed by atoms with Crippen molar-refractivity contribution in [2.24, 2.45) is 0 Å². The predicted octanol–water partition coefficient (Wildman–Crippen LogP) is 15.0. The molecule has 2 aromatic heterocycles. The van der Waals surface area contributed by atoms with E-state index in [2.05, 4.69) is 190 Å². The van der Waals surface area contributed by atoms with Gasteiger partial charge in [0, 0.05) is 26.9 Å². The smallest absolute Gasteiger partial charge is 0.143 e. The molecule has 0 saturated carbocycles. The first-order valence-corrected chi connectivity index (χ1v) is 18.4. The maximum Gasteiger partial charge on any atom is 0.143 e. The highest BCUT2D eigenvalue weighted by Gasteiger charge is 2.15. The second-order valence-corrected chi connectivity index (χ2v) is 13.7. The zero-order valence-corrected chi connectivity index (χ0v) is 30.1. The summed E-state index contributed by atoms with van der Waals surface area (Å²) in [5, 5.41) is 9.00. The maximum absolute atomic E-state index is 6.50. The summed E-state index contributed by atoms with van der Waals surface area (Å²) in [5.41, 5.74) is 10.4. The zero-order valence-electron chi connectivity index (χ0n) is 30.1. The summed E-state index contributed by atoms with van der Waals surface area (Å²) >= 11 is 0. The van der Waals surface area contributed by atoms with E-state index in [-0.39, 0.29) is 0 Å². The van der Waals surface area contributed by atoms with Gasteiger partial charge >= 0.3 is 0 Å². The molecular formula is C52H38O2. The van der Waals surface area contributed by atoms with Gasteiger partial charge in [-0.15, -0.1) is 0 Å². The summed E-state index contributed by atoms with van der Waals surface area (Å²) in [4.78, 5) is 0. The molecule has 2 heteroatoms. The lowest BCUT2D eigenvalue weighted by Crippen LogP contribution is -1.86. The molecule has 2 heterocycles. The van der Waals surface area contributed by atoms with Crippen molar-refractivity contribution in [3.8, 4) is 0 Å². The standard InChI is InChI=1S/C52H38O2/c1-35(39-20-8-3-4-9-21-40(42-23-13-12-22-41(39)42)36(2)26-27-37-17-6-5-7-18-37)16-10-11-19-38-28-32-49-47(34-38)45-30-29-43-44(52(45)54-49)31-33-50-51(43)46-24-14-15-25-48(46)53-50/h3-17,19-34H,1,18H2,2H3/b4-3?,8-3?,9-4?,16-10-,19-11+,20-8?,21-9?,36-26+,37-27-,39-20?,40-21?,41-39?,42-40?. The molecule has 258 valence electrons. The molecule has 0 spiro atoms. The second kappa shape index (κ2) is 14.3. The topological polar surface area (TPSA) is 26.3 Å². The first-order chi connectivity index (χ1) is 26.6. The van der Waals surface area contributed by atoms with E-state index in [1.807, 2.05) is 12.1 Å². The molecule has 0 unspecified atom stereocenters. The molecule has 8 aromatic rings. The Morgan fingerprint density at radius 2 is 1.28 bits per heavy atom. The van der Waals surface area contributed by atoms with Gasteiger partial charge in [0.05, 0.1) is 0 Å². The maximum atomic E-state index is 6.50. The van der Waals surface area contributed by atoms with Gasteiger partial charge in [-0.1, -0.05) is 158 Å². The van der Waals surface area contributed by atoms with E-state index in [0.29, 0.717) is 0 Å². The molecule has 2 nitrogen and oxygen atoms in total. The quantitative estimate of drug-likeness (QED) is 0.162. The minimum Gasteiger partial charge on any atom is -0.456 e. The molecule has 1 aliphatic carbocycles. The van der Waals surface area contributed by atoms with E-state index < -0.39 is 0 Å². The lowest BCUT2D eigenvalue weighted by Gasteiger charge is -2.09. The van der Waals surface area contributed by atoms with Crippen molar-refractivity contribution in [1.29, 1.82) is 0 Å². The van der Waals surface area contributed by atoms with Crippen LogP contribution in [0.15, 0.2) is 203 Å². The molecule has 1 aliphatic rings. The summed E-state index contributed by atoms with van der Waals surface area (Å²) in [6, 6.07) is 44.5. The van der Waals surface area contributed by atoms with Crippen LogP contribution >= 0.6 is 0 Å². The van der Waals surface area contributed by atoms with Gasteiger partial charge < -0.3 is 8.83 Å². The predicted molar refractivity (Wildman–Crippen MR) is 232 cm³/mol. The van der Waals surface area contributed by atoms with Crippen LogP contribution in [0.25, 0.3) is 82.6 Å². The highest BCUT2D eigenvalue weighted by molar-refractivity contribution is 6.25. The minimum absolute atomic E-state index is 0.873. The number of hydrogen-bond donors (Lipinski definition) is 0. The highest BCUT2D eigenvalue weighted by atomic mass is 16.3. The van der Waals surface area contributed by atoms with E-state index in [0.717, 1.165) is 83.2 Å². The molecule has 0 aliphatic heterocycles. The lowest BCUT2D eigenvalue weighted by atomic mass is 9.95. The van der Waals surface area contributed by atoms with Gasteiger partial charge in [-0.2, -0.15) is 0 Å². The number of fused-ring (bicyclic) bond motifs is 10. The van der Waals surface area contributed by atoms with Crippen molar-refractivity contribution in [3.05, 3.63) is 211 Å². The number of para-hydroxylation sites is 1. The normalized spacial score (nSPS) is 14.2. The molecule has 0 saturated heterocycles. The van der Waals surface area contributed by atoms with Gasteiger partial charge in [0.25, 0.3) is 0 Å². The van der Waals surface area contributed by atoms with Crippen LogP contribution in [0.3, 0.4) is 0 Å². The Labute approximate surface area is 314 Å². The van der Waals surface area contributed by atoms with Crippen molar-refractivity contribution in [1.82, 2.24) is 0 Å². The molecule has 0 amide bonds. The largest absolute Gasteiger partial charge is 0.456 e. The van der Waals surface area contributed by atoms with Crippen LogP contribution in [0.2, 0.25) is 0 Å².